The summed E-state index contributed by atoms with van der Waals surface area (Å²) in [7, 11) is 2.08. The lowest BCUT2D eigenvalue weighted by Crippen LogP contribution is -2.45. The van der Waals surface area contributed by atoms with Gasteiger partial charge in [-0.15, -0.1) is 0 Å². The van der Waals surface area contributed by atoms with E-state index in [1.165, 1.54) is 37.1 Å². The summed E-state index contributed by atoms with van der Waals surface area (Å²) in [5.74, 6) is 0.815. The molecule has 2 atom stereocenters. The number of morpholine rings is 1. The zero-order chi connectivity index (χ0) is 16.9. The van der Waals surface area contributed by atoms with Crippen molar-refractivity contribution in [2.45, 2.75) is 57.8 Å². The first-order valence-electron chi connectivity index (χ1n) is 9.55. The van der Waals surface area contributed by atoms with Crippen molar-refractivity contribution in [1.29, 1.82) is 0 Å². The maximum Gasteiger partial charge on any atom is 0.0726 e. The van der Waals surface area contributed by atoms with Crippen LogP contribution in [0.1, 0.15) is 39.5 Å². The fraction of sp³-hybridized carbons (Fsp3) is 0.700. The molecule has 0 bridgehead atoms. The van der Waals surface area contributed by atoms with Crippen LogP contribution < -0.4 is 15.5 Å². The van der Waals surface area contributed by atoms with Gasteiger partial charge in [0.25, 0.3) is 0 Å². The molecule has 0 unspecified atom stereocenters. The van der Waals surface area contributed by atoms with Crippen molar-refractivity contribution < 1.29 is 4.74 Å². The highest BCUT2D eigenvalue weighted by molar-refractivity contribution is 5.55. The molecule has 0 aromatic heterocycles. The van der Waals surface area contributed by atoms with Crippen LogP contribution in [-0.4, -0.2) is 44.9 Å². The van der Waals surface area contributed by atoms with Crippen LogP contribution in [0.15, 0.2) is 24.3 Å². The topological polar surface area (TPSA) is 36.5 Å². The summed E-state index contributed by atoms with van der Waals surface area (Å²) >= 11 is 0. The molecule has 1 saturated carbocycles. The van der Waals surface area contributed by atoms with Crippen molar-refractivity contribution >= 4 is 11.4 Å². The molecule has 0 spiro atoms. The van der Waals surface area contributed by atoms with E-state index >= 15 is 0 Å². The summed E-state index contributed by atoms with van der Waals surface area (Å²) in [5.41, 5.74) is 2.54. The van der Waals surface area contributed by atoms with Crippen LogP contribution >= 0.6 is 0 Å². The Hall–Kier alpha value is -1.26. The predicted molar refractivity (Wildman–Crippen MR) is 102 cm³/mol. The van der Waals surface area contributed by atoms with Crippen molar-refractivity contribution in [2.75, 3.05) is 36.9 Å². The van der Waals surface area contributed by atoms with Crippen molar-refractivity contribution in [3.63, 3.8) is 0 Å². The van der Waals surface area contributed by atoms with Crippen molar-refractivity contribution in [3.05, 3.63) is 24.3 Å². The van der Waals surface area contributed by atoms with E-state index in [2.05, 4.69) is 60.7 Å². The summed E-state index contributed by atoms with van der Waals surface area (Å²) in [4.78, 5) is 2.43. The molecule has 2 fully saturated rings. The Balaban J connectivity index is 1.48. The normalized spacial score (nSPS) is 31.0. The molecule has 1 aromatic rings. The maximum atomic E-state index is 5.82. The molecule has 4 nitrogen and oxygen atoms in total. The van der Waals surface area contributed by atoms with Crippen LogP contribution in [0.4, 0.5) is 11.4 Å². The van der Waals surface area contributed by atoms with E-state index in [-0.39, 0.29) is 0 Å². The van der Waals surface area contributed by atoms with Gasteiger partial charge in [0, 0.05) is 37.1 Å². The first-order chi connectivity index (χ1) is 11.6. The lowest BCUT2D eigenvalue weighted by atomic mass is 9.86. The fourth-order valence-corrected chi connectivity index (χ4v) is 4.10. The largest absolute Gasteiger partial charge is 0.385 e. The minimum Gasteiger partial charge on any atom is -0.385 e. The molecule has 3 rings (SSSR count). The fourth-order valence-electron chi connectivity index (χ4n) is 4.10. The van der Waals surface area contributed by atoms with E-state index in [1.807, 2.05) is 0 Å². The Morgan fingerprint density at radius 3 is 2.21 bits per heavy atom. The summed E-state index contributed by atoms with van der Waals surface area (Å²) in [5, 5.41) is 7.04. The monoisotopic (exact) mass is 331 g/mol. The van der Waals surface area contributed by atoms with Crippen molar-refractivity contribution in [2.24, 2.45) is 5.92 Å². The summed E-state index contributed by atoms with van der Waals surface area (Å²) in [6.07, 6.45) is 5.91. The second-order valence-electron chi connectivity index (χ2n) is 7.60. The standard InChI is InChI=1S/C20H33N3O/c1-15-13-23(14-16(2)24-15)20-10-8-19(9-11-20)22-12-17-4-6-18(21-3)7-5-17/h8-11,15-18,21-22H,4-7,12-14H2,1-3H3/t15-,16-,17?,18?/m1/s1. The van der Waals surface area contributed by atoms with E-state index in [0.29, 0.717) is 12.2 Å². The zero-order valence-electron chi connectivity index (χ0n) is 15.4. The molecule has 0 amide bonds. The number of ether oxygens (including phenoxy) is 1. The molecule has 134 valence electrons. The number of benzene rings is 1. The van der Waals surface area contributed by atoms with Gasteiger partial charge in [0.2, 0.25) is 0 Å². The quantitative estimate of drug-likeness (QED) is 0.866. The van der Waals surface area contributed by atoms with Gasteiger partial charge in [-0.1, -0.05) is 0 Å². The lowest BCUT2D eigenvalue weighted by molar-refractivity contribution is -0.00521. The predicted octanol–water partition coefficient (Wildman–Crippen LogP) is 3.49. The molecular weight excluding hydrogens is 298 g/mol. The van der Waals surface area contributed by atoms with E-state index in [4.69, 9.17) is 4.74 Å². The third kappa shape index (κ3) is 4.64. The number of nitrogens with one attached hydrogen (secondary N) is 2. The molecule has 2 N–H and O–H groups in total. The first-order valence-corrected chi connectivity index (χ1v) is 9.55. The average Bonchev–Trinajstić information content (AvgIpc) is 2.60. The summed E-state index contributed by atoms with van der Waals surface area (Å²) in [6.45, 7) is 7.36. The molecule has 1 aromatic carbocycles. The van der Waals surface area contributed by atoms with E-state index in [0.717, 1.165) is 31.6 Å². The Morgan fingerprint density at radius 2 is 1.62 bits per heavy atom. The molecule has 1 saturated heterocycles. The van der Waals surface area contributed by atoms with E-state index in [9.17, 15) is 0 Å². The van der Waals surface area contributed by atoms with E-state index in [1.54, 1.807) is 0 Å². The van der Waals surface area contributed by atoms with Crippen LogP contribution in [0.3, 0.4) is 0 Å². The third-order valence-electron chi connectivity index (χ3n) is 5.50. The van der Waals surface area contributed by atoms with Gasteiger partial charge >= 0.3 is 0 Å². The Morgan fingerprint density at radius 1 is 1.00 bits per heavy atom. The average molecular weight is 332 g/mol. The highest BCUT2D eigenvalue weighted by Gasteiger charge is 2.22. The van der Waals surface area contributed by atoms with Crippen molar-refractivity contribution in [3.8, 4) is 0 Å². The van der Waals surface area contributed by atoms with Gasteiger partial charge in [-0.2, -0.15) is 0 Å². The van der Waals surface area contributed by atoms with Crippen LogP contribution in [-0.2, 0) is 4.74 Å². The number of anilines is 2. The molecular formula is C20H33N3O. The molecule has 24 heavy (non-hydrogen) atoms. The lowest BCUT2D eigenvalue weighted by Gasteiger charge is -2.37. The maximum absolute atomic E-state index is 5.82. The Labute approximate surface area is 147 Å². The van der Waals surface area contributed by atoms with Crippen LogP contribution in [0.2, 0.25) is 0 Å². The van der Waals surface area contributed by atoms with Crippen LogP contribution in [0, 0.1) is 5.92 Å². The van der Waals surface area contributed by atoms with Crippen LogP contribution in [0.25, 0.3) is 0 Å². The molecule has 2 aliphatic rings. The van der Waals surface area contributed by atoms with Gasteiger partial charge in [0.05, 0.1) is 12.2 Å². The molecule has 1 heterocycles. The third-order valence-corrected chi connectivity index (χ3v) is 5.50. The molecule has 1 aliphatic carbocycles. The minimum absolute atomic E-state index is 0.305. The van der Waals surface area contributed by atoms with Gasteiger partial charge in [-0.3, -0.25) is 0 Å². The SMILES string of the molecule is CNC1CCC(CNc2ccc(N3C[C@@H](C)O[C@H](C)C3)cc2)CC1. The van der Waals surface area contributed by atoms with Gasteiger partial charge in [-0.25, -0.2) is 0 Å². The molecule has 4 heteroatoms. The van der Waals surface area contributed by atoms with Gasteiger partial charge in [-0.05, 0) is 76.8 Å². The Kier molecular flexibility index (Phi) is 6.01. The second-order valence-corrected chi connectivity index (χ2v) is 7.60. The highest BCUT2D eigenvalue weighted by atomic mass is 16.5. The highest BCUT2D eigenvalue weighted by Crippen LogP contribution is 2.26. The zero-order valence-corrected chi connectivity index (χ0v) is 15.4. The number of rotatable bonds is 5. The summed E-state index contributed by atoms with van der Waals surface area (Å²) < 4.78 is 5.82. The van der Waals surface area contributed by atoms with E-state index < -0.39 is 0 Å². The minimum atomic E-state index is 0.305. The number of nitrogens with zero attached hydrogens (tertiary/aromatic N) is 1. The van der Waals surface area contributed by atoms with Crippen LogP contribution in [0.5, 0.6) is 0 Å². The Bertz CT molecular complexity index is 486. The number of hydrogen-bond acceptors (Lipinski definition) is 4. The number of hydrogen-bond donors (Lipinski definition) is 2. The molecule has 0 radical (unpaired) electrons. The molecule has 1 aliphatic heterocycles. The smallest absolute Gasteiger partial charge is 0.0726 e. The van der Waals surface area contributed by atoms with Crippen molar-refractivity contribution in [1.82, 2.24) is 5.32 Å². The summed E-state index contributed by atoms with van der Waals surface area (Å²) in [6, 6.07) is 9.66. The van der Waals surface area contributed by atoms with Gasteiger partial charge in [0.15, 0.2) is 0 Å². The van der Waals surface area contributed by atoms with Gasteiger partial charge in [0.1, 0.15) is 0 Å². The first kappa shape index (κ1) is 17.6. The second kappa shape index (κ2) is 8.21. The van der Waals surface area contributed by atoms with Gasteiger partial charge < -0.3 is 20.3 Å².